The van der Waals surface area contributed by atoms with Crippen molar-refractivity contribution in [2.45, 2.75) is 31.4 Å². The van der Waals surface area contributed by atoms with Gasteiger partial charge < -0.3 is 24.8 Å². The third-order valence-electron chi connectivity index (χ3n) is 6.52. The summed E-state index contributed by atoms with van der Waals surface area (Å²) in [7, 11) is 1.46. The molecular weight excluding hydrogens is 436 g/mol. The minimum absolute atomic E-state index is 0.0891. The molecule has 2 atom stereocenters. The van der Waals surface area contributed by atoms with E-state index in [1.807, 2.05) is 36.4 Å². The molecule has 34 heavy (non-hydrogen) atoms. The molecule has 0 saturated heterocycles. The van der Waals surface area contributed by atoms with E-state index in [0.29, 0.717) is 0 Å². The molecule has 1 aliphatic carbocycles. The van der Waals surface area contributed by atoms with Gasteiger partial charge in [-0.2, -0.15) is 0 Å². The van der Waals surface area contributed by atoms with Crippen LogP contribution in [0.5, 0.6) is 0 Å². The summed E-state index contributed by atoms with van der Waals surface area (Å²) in [6.45, 7) is 2.25. The van der Waals surface area contributed by atoms with E-state index in [-0.39, 0.29) is 43.5 Å². The van der Waals surface area contributed by atoms with Crippen LogP contribution in [0.4, 0.5) is 4.79 Å². The summed E-state index contributed by atoms with van der Waals surface area (Å²) in [6, 6.07) is 15.2. The van der Waals surface area contributed by atoms with Crippen LogP contribution < -0.4 is 5.32 Å². The Morgan fingerprint density at radius 1 is 1.09 bits per heavy atom. The Morgan fingerprint density at radius 3 is 2.24 bits per heavy atom. The van der Waals surface area contributed by atoms with Gasteiger partial charge in [-0.1, -0.05) is 54.6 Å². The molecule has 2 amide bonds. The Balaban J connectivity index is 1.42. The van der Waals surface area contributed by atoms with Gasteiger partial charge in [-0.3, -0.25) is 4.79 Å². The maximum Gasteiger partial charge on any atom is 0.407 e. The maximum atomic E-state index is 13.1. The van der Waals surface area contributed by atoms with Crippen LogP contribution in [0.25, 0.3) is 11.1 Å². The number of amides is 2. The highest BCUT2D eigenvalue weighted by molar-refractivity contribution is 5.89. The van der Waals surface area contributed by atoms with Gasteiger partial charge in [0, 0.05) is 31.7 Å². The lowest BCUT2D eigenvalue weighted by molar-refractivity contribution is -0.137. The Kier molecular flexibility index (Phi) is 6.98. The van der Waals surface area contributed by atoms with E-state index in [2.05, 4.69) is 17.4 Å². The second-order valence-corrected chi connectivity index (χ2v) is 8.46. The molecule has 2 aromatic rings. The zero-order chi connectivity index (χ0) is 24.2. The summed E-state index contributed by atoms with van der Waals surface area (Å²) in [5, 5.41) is 11.8. The fourth-order valence-corrected chi connectivity index (χ4v) is 4.54. The van der Waals surface area contributed by atoms with Crippen LogP contribution in [0.1, 0.15) is 30.4 Å². The van der Waals surface area contributed by atoms with Crippen molar-refractivity contribution in [1.82, 2.24) is 10.2 Å². The van der Waals surface area contributed by atoms with Crippen LogP contribution in [0.2, 0.25) is 0 Å². The van der Waals surface area contributed by atoms with Gasteiger partial charge in [-0.05, 0) is 35.6 Å². The molecule has 4 rings (SSSR count). The van der Waals surface area contributed by atoms with Gasteiger partial charge in [-0.25, -0.2) is 9.59 Å². The molecule has 2 N–H and O–H groups in total. The number of ether oxygens (including phenoxy) is 2. The molecule has 0 fully saturated rings. The normalized spacial score (nSPS) is 16.6. The van der Waals surface area contributed by atoms with Crippen molar-refractivity contribution < 1.29 is 29.0 Å². The number of methoxy groups -OCH3 is 1. The Labute approximate surface area is 198 Å². The number of rotatable bonds is 7. The van der Waals surface area contributed by atoms with E-state index in [0.717, 1.165) is 22.3 Å². The number of carboxylic acid groups (broad SMARTS) is 1. The van der Waals surface area contributed by atoms with Gasteiger partial charge in [0.05, 0.1) is 6.10 Å². The number of carboxylic acids is 1. The molecule has 0 bridgehead atoms. The Hall–Kier alpha value is -3.65. The number of hydrogen-bond donors (Lipinski definition) is 2. The molecule has 0 saturated carbocycles. The predicted molar refractivity (Wildman–Crippen MR) is 125 cm³/mol. The molecule has 0 radical (unpaired) electrons. The van der Waals surface area contributed by atoms with Crippen LogP contribution in [-0.2, 0) is 19.1 Å². The van der Waals surface area contributed by atoms with Gasteiger partial charge in [0.15, 0.2) is 0 Å². The van der Waals surface area contributed by atoms with E-state index in [1.165, 1.54) is 18.1 Å². The highest BCUT2D eigenvalue weighted by Gasteiger charge is 2.34. The van der Waals surface area contributed by atoms with E-state index in [4.69, 9.17) is 14.6 Å². The number of fused-ring (bicyclic) bond motifs is 3. The topological polar surface area (TPSA) is 105 Å². The molecular formula is C26H28N2O6. The van der Waals surface area contributed by atoms with Crippen molar-refractivity contribution in [3.8, 4) is 11.1 Å². The molecule has 1 heterocycles. The number of nitrogens with zero attached hydrogens (tertiary/aromatic N) is 1. The van der Waals surface area contributed by atoms with Crippen molar-refractivity contribution in [2.75, 3.05) is 26.8 Å². The number of aliphatic carboxylic acids is 1. The first-order chi connectivity index (χ1) is 16.4. The average Bonchev–Trinajstić information content (AvgIpc) is 3.19. The van der Waals surface area contributed by atoms with Crippen LogP contribution in [0.3, 0.4) is 0 Å². The first-order valence-electron chi connectivity index (χ1n) is 11.3. The van der Waals surface area contributed by atoms with E-state index < -0.39 is 24.2 Å². The van der Waals surface area contributed by atoms with Crippen molar-refractivity contribution in [2.24, 2.45) is 0 Å². The molecule has 2 aliphatic rings. The van der Waals surface area contributed by atoms with Crippen LogP contribution >= 0.6 is 0 Å². The number of nitrogens with one attached hydrogen (secondary N) is 1. The summed E-state index contributed by atoms with van der Waals surface area (Å²) in [5.74, 6) is -1.41. The molecule has 0 aromatic heterocycles. The molecule has 178 valence electrons. The second-order valence-electron chi connectivity index (χ2n) is 8.46. The zero-order valence-corrected chi connectivity index (χ0v) is 19.2. The van der Waals surface area contributed by atoms with Crippen LogP contribution in [0, 0.1) is 0 Å². The molecule has 2 aromatic carbocycles. The molecule has 1 aliphatic heterocycles. The molecule has 0 spiro atoms. The molecule has 8 heteroatoms. The fourth-order valence-electron chi connectivity index (χ4n) is 4.54. The number of carbonyl (C=O) groups is 3. The van der Waals surface area contributed by atoms with Crippen molar-refractivity contribution in [3.05, 3.63) is 71.3 Å². The summed E-state index contributed by atoms with van der Waals surface area (Å²) < 4.78 is 10.9. The maximum absolute atomic E-state index is 13.1. The third-order valence-corrected chi connectivity index (χ3v) is 6.52. The summed E-state index contributed by atoms with van der Waals surface area (Å²) in [4.78, 5) is 38.5. The highest BCUT2D eigenvalue weighted by atomic mass is 16.5. The Morgan fingerprint density at radius 2 is 1.71 bits per heavy atom. The zero-order valence-electron chi connectivity index (χ0n) is 19.2. The van der Waals surface area contributed by atoms with Gasteiger partial charge in [0.1, 0.15) is 12.6 Å². The van der Waals surface area contributed by atoms with Gasteiger partial charge >= 0.3 is 12.1 Å². The van der Waals surface area contributed by atoms with Crippen molar-refractivity contribution in [1.29, 1.82) is 0 Å². The van der Waals surface area contributed by atoms with E-state index >= 15 is 0 Å². The number of benzene rings is 2. The average molecular weight is 465 g/mol. The van der Waals surface area contributed by atoms with E-state index in [1.54, 1.807) is 6.92 Å². The quantitative estimate of drug-likeness (QED) is 0.652. The monoisotopic (exact) mass is 464 g/mol. The predicted octanol–water partition coefficient (Wildman–Crippen LogP) is 3.17. The van der Waals surface area contributed by atoms with Gasteiger partial charge in [-0.15, -0.1) is 0 Å². The minimum Gasteiger partial charge on any atom is -0.478 e. The van der Waals surface area contributed by atoms with E-state index in [9.17, 15) is 14.4 Å². The molecule has 2 unspecified atom stereocenters. The van der Waals surface area contributed by atoms with Crippen molar-refractivity contribution in [3.63, 3.8) is 0 Å². The smallest absolute Gasteiger partial charge is 0.407 e. The first kappa shape index (κ1) is 23.5. The largest absolute Gasteiger partial charge is 0.478 e. The highest BCUT2D eigenvalue weighted by Crippen LogP contribution is 2.44. The standard InChI is InChI=1S/C26H28N2O6/c1-16(33-2)23(24(29)28-13-11-17(12-14-28)25(30)31)27-26(32)34-15-22-20-9-5-3-7-18(20)19-8-4-6-10-21(19)22/h3-11,16,22-23H,12-15H2,1-2H3,(H,27,32)(H,30,31). The summed E-state index contributed by atoms with van der Waals surface area (Å²) >= 11 is 0. The lowest BCUT2D eigenvalue weighted by Gasteiger charge is -2.31. The molecule has 8 nitrogen and oxygen atoms in total. The summed E-state index contributed by atoms with van der Waals surface area (Å²) in [5.41, 5.74) is 4.75. The van der Waals surface area contributed by atoms with Crippen LogP contribution in [0.15, 0.2) is 60.2 Å². The fraction of sp³-hybridized carbons (Fsp3) is 0.346. The third kappa shape index (κ3) is 4.68. The lowest BCUT2D eigenvalue weighted by Crippen LogP contribution is -2.55. The van der Waals surface area contributed by atoms with Crippen LogP contribution in [-0.4, -0.2) is 66.9 Å². The van der Waals surface area contributed by atoms with Crippen molar-refractivity contribution >= 4 is 18.0 Å². The number of hydrogen-bond acceptors (Lipinski definition) is 5. The number of alkyl carbamates (subject to hydrolysis) is 1. The van der Waals surface area contributed by atoms with Gasteiger partial charge in [0.25, 0.3) is 0 Å². The Bertz CT molecular complexity index is 1080. The lowest BCUT2D eigenvalue weighted by atomic mass is 9.98. The summed E-state index contributed by atoms with van der Waals surface area (Å²) in [6.07, 6.45) is 0.465. The SMILES string of the molecule is COC(C)C(NC(=O)OCC1c2ccccc2-c2ccccc21)C(=O)N1CC=C(C(=O)O)CC1. The number of carbonyl (C=O) groups excluding carboxylic acids is 2. The first-order valence-corrected chi connectivity index (χ1v) is 11.3. The second kappa shape index (κ2) is 10.1. The minimum atomic E-state index is -0.981. The van der Waals surface area contributed by atoms with Gasteiger partial charge in [0.2, 0.25) is 5.91 Å².